The van der Waals surface area contributed by atoms with Gasteiger partial charge in [-0.25, -0.2) is 13.1 Å². The van der Waals surface area contributed by atoms with Crippen molar-refractivity contribution in [3.63, 3.8) is 0 Å². The number of benzene rings is 2. The molecule has 4 rings (SSSR count). The van der Waals surface area contributed by atoms with E-state index in [1.54, 1.807) is 73.1 Å². The monoisotopic (exact) mass is 458 g/mol. The largest absolute Gasteiger partial charge is 0.463 e. The molecule has 0 spiro atoms. The minimum Gasteiger partial charge on any atom is -0.463 e. The maximum atomic E-state index is 12.8. The summed E-state index contributed by atoms with van der Waals surface area (Å²) in [6, 6.07) is 18.9. The molecule has 0 atom stereocenters. The highest BCUT2D eigenvalue weighted by Crippen LogP contribution is 2.29. The van der Waals surface area contributed by atoms with Crippen molar-refractivity contribution in [2.45, 2.75) is 11.4 Å². The average molecular weight is 459 g/mol. The maximum absolute atomic E-state index is 12.8. The topological polar surface area (TPSA) is 72.2 Å². The summed E-state index contributed by atoms with van der Waals surface area (Å²) >= 11 is 12.0. The molecule has 0 aliphatic carbocycles. The van der Waals surface area contributed by atoms with Crippen LogP contribution in [0.4, 0.5) is 0 Å². The zero-order valence-corrected chi connectivity index (χ0v) is 17.9. The van der Waals surface area contributed by atoms with Crippen molar-refractivity contribution in [3.05, 3.63) is 94.8 Å². The second kappa shape index (κ2) is 8.62. The number of furan rings is 1. The van der Waals surface area contributed by atoms with Crippen molar-refractivity contribution in [1.29, 1.82) is 0 Å². The van der Waals surface area contributed by atoms with Gasteiger partial charge in [-0.15, -0.1) is 0 Å². The lowest BCUT2D eigenvalue weighted by molar-refractivity contribution is 0.575. The van der Waals surface area contributed by atoms with Gasteiger partial charge in [0.15, 0.2) is 5.76 Å². The summed E-state index contributed by atoms with van der Waals surface area (Å²) in [5.74, 6) is 0.579. The van der Waals surface area contributed by atoms with E-state index < -0.39 is 10.0 Å². The third kappa shape index (κ3) is 4.42. The number of hydrogen-bond donors (Lipinski definition) is 1. The van der Waals surface area contributed by atoms with Crippen LogP contribution >= 0.6 is 23.2 Å². The van der Waals surface area contributed by atoms with Gasteiger partial charge in [-0.3, -0.25) is 4.98 Å². The van der Waals surface area contributed by atoms with E-state index in [0.717, 1.165) is 11.1 Å². The van der Waals surface area contributed by atoms with Crippen LogP contribution < -0.4 is 4.72 Å². The van der Waals surface area contributed by atoms with E-state index in [0.29, 0.717) is 27.1 Å². The molecule has 0 saturated heterocycles. The molecular weight excluding hydrogens is 443 g/mol. The first kappa shape index (κ1) is 20.6. The molecule has 8 heteroatoms. The van der Waals surface area contributed by atoms with Crippen LogP contribution in [0.3, 0.4) is 0 Å². The molecule has 152 valence electrons. The Balaban J connectivity index is 1.53. The summed E-state index contributed by atoms with van der Waals surface area (Å²) in [6.07, 6.45) is 3.19. The minimum absolute atomic E-state index is 0.0841. The Morgan fingerprint density at radius 1 is 0.900 bits per heavy atom. The zero-order valence-electron chi connectivity index (χ0n) is 15.5. The highest BCUT2D eigenvalue weighted by atomic mass is 35.5. The average Bonchev–Trinajstić information content (AvgIpc) is 3.29. The van der Waals surface area contributed by atoms with Gasteiger partial charge < -0.3 is 4.42 Å². The van der Waals surface area contributed by atoms with Crippen LogP contribution in [0.25, 0.3) is 22.6 Å². The molecule has 0 bridgehead atoms. The van der Waals surface area contributed by atoms with E-state index in [-0.39, 0.29) is 11.4 Å². The molecular formula is C22H16Cl2N2O3S. The van der Waals surface area contributed by atoms with E-state index in [1.165, 1.54) is 0 Å². The van der Waals surface area contributed by atoms with Crippen molar-refractivity contribution in [1.82, 2.24) is 9.71 Å². The number of hydrogen-bond acceptors (Lipinski definition) is 4. The Morgan fingerprint density at radius 2 is 1.67 bits per heavy atom. The van der Waals surface area contributed by atoms with Gasteiger partial charge >= 0.3 is 0 Å². The van der Waals surface area contributed by atoms with Crippen LogP contribution in [-0.2, 0) is 16.6 Å². The van der Waals surface area contributed by atoms with Gasteiger partial charge in [-0.05, 0) is 59.2 Å². The van der Waals surface area contributed by atoms with Gasteiger partial charge in [0.1, 0.15) is 5.69 Å². The van der Waals surface area contributed by atoms with Crippen LogP contribution in [0, 0.1) is 0 Å². The number of sulfonamides is 1. The Morgan fingerprint density at radius 3 is 2.37 bits per heavy atom. The summed E-state index contributed by atoms with van der Waals surface area (Å²) in [6.45, 7) is 0.0841. The van der Waals surface area contributed by atoms with Crippen molar-refractivity contribution in [2.75, 3.05) is 0 Å². The van der Waals surface area contributed by atoms with Gasteiger partial charge in [-0.1, -0.05) is 47.5 Å². The molecule has 4 aromatic rings. The molecule has 0 aliphatic heterocycles. The lowest BCUT2D eigenvalue weighted by Crippen LogP contribution is -2.23. The Hall–Kier alpha value is -2.64. The minimum atomic E-state index is -3.71. The fraction of sp³-hybridized carbons (Fsp3) is 0.0455. The first-order valence-corrected chi connectivity index (χ1v) is 11.2. The Bertz CT molecular complexity index is 1270. The molecule has 2 aromatic carbocycles. The number of aromatic nitrogens is 1. The van der Waals surface area contributed by atoms with E-state index in [1.807, 2.05) is 6.07 Å². The number of rotatable bonds is 6. The lowest BCUT2D eigenvalue weighted by Gasteiger charge is -2.10. The number of pyridine rings is 1. The normalized spacial score (nSPS) is 11.5. The van der Waals surface area contributed by atoms with Crippen molar-refractivity contribution in [2.24, 2.45) is 0 Å². The number of nitrogens with zero attached hydrogens (tertiary/aromatic N) is 1. The highest BCUT2D eigenvalue weighted by Gasteiger charge is 2.16. The first-order valence-electron chi connectivity index (χ1n) is 8.97. The molecule has 2 heterocycles. The molecule has 5 nitrogen and oxygen atoms in total. The predicted molar refractivity (Wildman–Crippen MR) is 118 cm³/mol. The SMILES string of the molecule is O=S(=O)(NCc1cccnc1-c1ccco1)c1ccc(-c2ccc(Cl)c(Cl)c2)cc1. The summed E-state index contributed by atoms with van der Waals surface area (Å²) in [5.41, 5.74) is 2.99. The Kier molecular flexibility index (Phi) is 5.92. The Labute approximate surface area is 184 Å². The third-order valence-corrected chi connectivity index (χ3v) is 6.67. The first-order chi connectivity index (χ1) is 14.4. The van der Waals surface area contributed by atoms with Crippen molar-refractivity contribution >= 4 is 33.2 Å². The maximum Gasteiger partial charge on any atom is 0.240 e. The van der Waals surface area contributed by atoms with Gasteiger partial charge in [-0.2, -0.15) is 0 Å². The summed E-state index contributed by atoms with van der Waals surface area (Å²) in [4.78, 5) is 4.47. The highest BCUT2D eigenvalue weighted by molar-refractivity contribution is 7.89. The van der Waals surface area contributed by atoms with E-state index in [4.69, 9.17) is 27.6 Å². The van der Waals surface area contributed by atoms with Gasteiger partial charge in [0.05, 0.1) is 21.2 Å². The third-order valence-electron chi connectivity index (χ3n) is 4.52. The van der Waals surface area contributed by atoms with Crippen LogP contribution in [0.1, 0.15) is 5.56 Å². The molecule has 0 aliphatic rings. The summed E-state index contributed by atoms with van der Waals surface area (Å²) in [5, 5.41) is 0.907. The van der Waals surface area contributed by atoms with Crippen LogP contribution in [0.5, 0.6) is 0 Å². The fourth-order valence-electron chi connectivity index (χ4n) is 2.97. The van der Waals surface area contributed by atoms with Crippen LogP contribution in [-0.4, -0.2) is 13.4 Å². The molecule has 2 aromatic heterocycles. The molecule has 1 N–H and O–H groups in total. The number of nitrogens with one attached hydrogen (secondary N) is 1. The predicted octanol–water partition coefficient (Wildman–Crippen LogP) is 5.79. The van der Waals surface area contributed by atoms with Crippen LogP contribution in [0.2, 0.25) is 10.0 Å². The fourth-order valence-corrected chi connectivity index (χ4v) is 4.28. The second-order valence-electron chi connectivity index (χ2n) is 6.47. The van der Waals surface area contributed by atoms with Crippen molar-refractivity contribution < 1.29 is 12.8 Å². The molecule has 0 fully saturated rings. The van der Waals surface area contributed by atoms with Gasteiger partial charge in [0, 0.05) is 12.7 Å². The zero-order chi connectivity index (χ0) is 21.1. The lowest BCUT2D eigenvalue weighted by atomic mass is 10.1. The van der Waals surface area contributed by atoms with Gasteiger partial charge in [0.25, 0.3) is 0 Å². The van der Waals surface area contributed by atoms with E-state index in [2.05, 4.69) is 9.71 Å². The van der Waals surface area contributed by atoms with Crippen molar-refractivity contribution in [3.8, 4) is 22.6 Å². The standard InChI is InChI=1S/C22H16Cl2N2O3S/c23-19-10-7-16(13-20(19)24)15-5-8-18(9-6-15)30(27,28)26-14-17-3-1-11-25-22(17)21-4-2-12-29-21/h1-13,26H,14H2. The molecule has 0 amide bonds. The smallest absolute Gasteiger partial charge is 0.240 e. The number of halogens is 2. The quantitative estimate of drug-likeness (QED) is 0.396. The van der Waals surface area contributed by atoms with Crippen LogP contribution in [0.15, 0.2) is 88.5 Å². The molecule has 0 unspecified atom stereocenters. The second-order valence-corrected chi connectivity index (χ2v) is 9.05. The summed E-state index contributed by atoms with van der Waals surface area (Å²) < 4.78 is 33.5. The molecule has 0 saturated carbocycles. The van der Waals surface area contributed by atoms with E-state index in [9.17, 15) is 8.42 Å². The molecule has 0 radical (unpaired) electrons. The summed E-state index contributed by atoms with van der Waals surface area (Å²) in [7, 11) is -3.71. The van der Waals surface area contributed by atoms with E-state index >= 15 is 0 Å². The molecule has 30 heavy (non-hydrogen) atoms. The van der Waals surface area contributed by atoms with Gasteiger partial charge in [0.2, 0.25) is 10.0 Å².